The van der Waals surface area contributed by atoms with Crippen LogP contribution in [0.1, 0.15) is 24.0 Å². The van der Waals surface area contributed by atoms with Crippen molar-refractivity contribution in [1.82, 2.24) is 4.90 Å². The number of hydrogen-bond donors (Lipinski definition) is 1. The summed E-state index contributed by atoms with van der Waals surface area (Å²) in [6.45, 7) is 0.183. The number of alkyl halides is 3. The topological polar surface area (TPSA) is 68.2 Å². The standard InChI is InChI=1S/C27H24F3NO5S/c1-34-22-16-19(15-21(23(22)35-2)27(28,29)30)24(37)31-14-6-13-26(31,25(32)33)36-20-11-9-18(10-12-20)17-7-4-3-5-8-17/h3-5,7-12,15-16H,6,13-14H2,1-2H3,(H,32,33)/t26-/m1/s1. The SMILES string of the molecule is COc1cc(C(=S)N2CCC[C@@]2(Oc2ccc(-c3ccccc3)cc2)C(=O)O)cc(C(F)(F)F)c1OC. The lowest BCUT2D eigenvalue weighted by atomic mass is 10.0. The van der Waals surface area contributed by atoms with Gasteiger partial charge in [0.1, 0.15) is 16.3 Å². The number of benzene rings is 3. The summed E-state index contributed by atoms with van der Waals surface area (Å²) in [6, 6.07) is 18.7. The molecule has 1 atom stereocenters. The van der Waals surface area contributed by atoms with Gasteiger partial charge in [-0.25, -0.2) is 4.79 Å². The number of carboxylic acid groups (broad SMARTS) is 1. The van der Waals surface area contributed by atoms with Crippen molar-refractivity contribution in [3.63, 3.8) is 0 Å². The molecule has 4 rings (SSSR count). The summed E-state index contributed by atoms with van der Waals surface area (Å²) in [5.74, 6) is -1.66. The highest BCUT2D eigenvalue weighted by molar-refractivity contribution is 7.80. The van der Waals surface area contributed by atoms with Crippen LogP contribution in [0.2, 0.25) is 0 Å². The van der Waals surface area contributed by atoms with E-state index >= 15 is 0 Å². The van der Waals surface area contributed by atoms with E-state index in [0.29, 0.717) is 12.2 Å². The van der Waals surface area contributed by atoms with Crippen LogP contribution in [0.5, 0.6) is 17.2 Å². The summed E-state index contributed by atoms with van der Waals surface area (Å²) in [7, 11) is 2.32. The lowest BCUT2D eigenvalue weighted by Crippen LogP contribution is -2.57. The molecule has 6 nitrogen and oxygen atoms in total. The third-order valence-corrected chi connectivity index (χ3v) is 6.65. The summed E-state index contributed by atoms with van der Waals surface area (Å²) in [5, 5.41) is 10.2. The highest BCUT2D eigenvalue weighted by atomic mass is 32.1. The van der Waals surface area contributed by atoms with E-state index in [9.17, 15) is 23.1 Å². The number of carboxylic acids is 1. The first-order valence-corrected chi connectivity index (χ1v) is 11.7. The molecule has 0 aromatic heterocycles. The minimum atomic E-state index is -4.75. The first kappa shape index (κ1) is 26.3. The quantitative estimate of drug-likeness (QED) is 0.374. The average molecular weight is 532 g/mol. The predicted octanol–water partition coefficient (Wildman–Crippen LogP) is 6.02. The van der Waals surface area contributed by atoms with Crippen LogP contribution >= 0.6 is 12.2 Å². The Kier molecular flexibility index (Phi) is 7.31. The van der Waals surface area contributed by atoms with Gasteiger partial charge in [0, 0.05) is 18.5 Å². The summed E-state index contributed by atoms with van der Waals surface area (Å²) in [5.41, 5.74) is -1.10. The minimum absolute atomic E-state index is 0.0319. The molecule has 1 saturated heterocycles. The summed E-state index contributed by atoms with van der Waals surface area (Å²) >= 11 is 5.54. The van der Waals surface area contributed by atoms with E-state index in [1.54, 1.807) is 12.1 Å². The van der Waals surface area contributed by atoms with Crippen LogP contribution in [0.15, 0.2) is 66.7 Å². The molecule has 1 heterocycles. The van der Waals surface area contributed by atoms with Crippen molar-refractivity contribution in [1.29, 1.82) is 0 Å². The third-order valence-electron chi connectivity index (χ3n) is 6.19. The Morgan fingerprint density at radius 1 is 1.00 bits per heavy atom. The van der Waals surface area contributed by atoms with Gasteiger partial charge in [0.2, 0.25) is 0 Å². The zero-order valence-corrected chi connectivity index (χ0v) is 20.9. The molecule has 3 aromatic carbocycles. The van der Waals surface area contributed by atoms with Gasteiger partial charge in [-0.3, -0.25) is 0 Å². The van der Waals surface area contributed by atoms with Crippen LogP contribution in [-0.4, -0.2) is 47.5 Å². The number of ether oxygens (including phenoxy) is 3. The Balaban J connectivity index is 1.69. The molecule has 3 aromatic rings. The van der Waals surface area contributed by atoms with Gasteiger partial charge in [-0.2, -0.15) is 13.2 Å². The van der Waals surface area contributed by atoms with Gasteiger partial charge in [-0.05, 0) is 41.8 Å². The first-order valence-electron chi connectivity index (χ1n) is 11.3. The van der Waals surface area contributed by atoms with Crippen molar-refractivity contribution in [2.45, 2.75) is 24.7 Å². The van der Waals surface area contributed by atoms with Crippen LogP contribution < -0.4 is 14.2 Å². The molecule has 1 fully saturated rings. The number of carbonyl (C=O) groups is 1. The molecule has 1 aliphatic heterocycles. The molecule has 194 valence electrons. The van der Waals surface area contributed by atoms with Gasteiger partial charge >= 0.3 is 12.1 Å². The first-order chi connectivity index (χ1) is 17.6. The molecule has 1 N–H and O–H groups in total. The van der Waals surface area contributed by atoms with Gasteiger partial charge in [0.15, 0.2) is 11.5 Å². The number of thiocarbonyl (C=S) groups is 1. The van der Waals surface area contributed by atoms with Crippen LogP contribution in [0, 0.1) is 0 Å². The molecule has 0 radical (unpaired) electrons. The van der Waals surface area contributed by atoms with Gasteiger partial charge in [-0.1, -0.05) is 54.7 Å². The Hall–Kier alpha value is -3.79. The lowest BCUT2D eigenvalue weighted by Gasteiger charge is -2.36. The number of rotatable bonds is 7. The summed E-state index contributed by atoms with van der Waals surface area (Å²) < 4.78 is 57.4. The number of methoxy groups -OCH3 is 2. The van der Waals surface area contributed by atoms with E-state index in [1.165, 1.54) is 18.1 Å². The molecule has 0 aliphatic carbocycles. The van der Waals surface area contributed by atoms with E-state index in [2.05, 4.69) is 0 Å². The smallest absolute Gasteiger partial charge is 0.420 e. The molecule has 37 heavy (non-hydrogen) atoms. The molecular weight excluding hydrogens is 507 g/mol. The van der Waals surface area contributed by atoms with Crippen LogP contribution in [0.3, 0.4) is 0 Å². The van der Waals surface area contributed by atoms with Crippen molar-refractivity contribution in [2.75, 3.05) is 20.8 Å². The monoisotopic (exact) mass is 531 g/mol. The molecule has 0 saturated carbocycles. The largest absolute Gasteiger partial charge is 0.493 e. The Morgan fingerprint density at radius 2 is 1.65 bits per heavy atom. The van der Waals surface area contributed by atoms with Crippen LogP contribution in [0.25, 0.3) is 11.1 Å². The fourth-order valence-corrected chi connectivity index (χ4v) is 4.78. The second kappa shape index (κ2) is 10.3. The lowest BCUT2D eigenvalue weighted by molar-refractivity contribution is -0.164. The number of halogens is 3. The zero-order chi connectivity index (χ0) is 26.8. The van der Waals surface area contributed by atoms with Crippen LogP contribution in [-0.2, 0) is 11.0 Å². The maximum absolute atomic E-state index is 13.8. The van der Waals surface area contributed by atoms with Crippen molar-refractivity contribution in [3.05, 3.63) is 77.9 Å². The summed E-state index contributed by atoms with van der Waals surface area (Å²) in [6.07, 6.45) is -4.26. The van der Waals surface area contributed by atoms with E-state index in [-0.39, 0.29) is 29.3 Å². The minimum Gasteiger partial charge on any atom is -0.493 e. The second-order valence-electron chi connectivity index (χ2n) is 8.40. The van der Waals surface area contributed by atoms with Gasteiger partial charge < -0.3 is 24.2 Å². The maximum Gasteiger partial charge on any atom is 0.420 e. The van der Waals surface area contributed by atoms with Crippen molar-refractivity contribution >= 4 is 23.2 Å². The Morgan fingerprint density at radius 3 is 2.22 bits per heavy atom. The molecule has 0 unspecified atom stereocenters. The summed E-state index contributed by atoms with van der Waals surface area (Å²) in [4.78, 5) is 13.8. The van der Waals surface area contributed by atoms with Gasteiger partial charge in [-0.15, -0.1) is 0 Å². The fourth-order valence-electron chi connectivity index (χ4n) is 4.43. The molecule has 10 heteroatoms. The Labute approximate surface area is 217 Å². The molecule has 0 amide bonds. The predicted molar refractivity (Wildman–Crippen MR) is 135 cm³/mol. The van der Waals surface area contributed by atoms with Crippen molar-refractivity contribution in [3.8, 4) is 28.4 Å². The molecule has 0 spiro atoms. The van der Waals surface area contributed by atoms with Crippen molar-refractivity contribution < 1.29 is 37.3 Å². The highest BCUT2D eigenvalue weighted by Gasteiger charge is 2.52. The zero-order valence-electron chi connectivity index (χ0n) is 20.0. The maximum atomic E-state index is 13.8. The molecule has 1 aliphatic rings. The number of likely N-dealkylation sites (tertiary alicyclic amines) is 1. The second-order valence-corrected chi connectivity index (χ2v) is 8.79. The number of nitrogens with zero attached hydrogens (tertiary/aromatic N) is 1. The fraction of sp³-hybridized carbons (Fsp3) is 0.259. The highest BCUT2D eigenvalue weighted by Crippen LogP contribution is 2.43. The molecule has 0 bridgehead atoms. The van der Waals surface area contributed by atoms with E-state index in [4.69, 9.17) is 26.4 Å². The number of hydrogen-bond acceptors (Lipinski definition) is 5. The number of aliphatic carboxylic acids is 1. The van der Waals surface area contributed by atoms with Crippen molar-refractivity contribution in [2.24, 2.45) is 0 Å². The normalized spacial score (nSPS) is 17.4. The van der Waals surface area contributed by atoms with E-state index in [0.717, 1.165) is 24.3 Å². The van der Waals surface area contributed by atoms with Crippen LogP contribution in [0.4, 0.5) is 13.2 Å². The van der Waals surface area contributed by atoms with E-state index in [1.807, 2.05) is 42.5 Å². The molecular formula is C27H24F3NO5S. The average Bonchev–Trinajstić information content (AvgIpc) is 3.32. The third kappa shape index (κ3) is 5.06. The van der Waals surface area contributed by atoms with E-state index < -0.39 is 29.2 Å². The van der Waals surface area contributed by atoms with Gasteiger partial charge in [0.05, 0.1) is 14.2 Å². The van der Waals surface area contributed by atoms with Gasteiger partial charge in [0.25, 0.3) is 5.72 Å². The Bertz CT molecular complexity index is 1300.